The smallest absolute Gasteiger partial charge is 0.293 e. The lowest BCUT2D eigenvalue weighted by atomic mass is 9.94. The molecule has 16 nitrogen and oxygen atoms in total. The Bertz CT molecular complexity index is 2410. The SMILES string of the molecule is CNC(=O)COc1cc2cc(Nc3nc(N4CCN(CC5CCN(c6ccc(F)c7c6CN(C6CCC(=O)NC6=O)C7=O)CC5)CC4)ncc3Cl)ccc2n(C(C)C)c1=O. The van der Waals surface area contributed by atoms with Gasteiger partial charge in [0.05, 0.1) is 17.3 Å². The van der Waals surface area contributed by atoms with Gasteiger partial charge >= 0.3 is 0 Å². The highest BCUT2D eigenvalue weighted by atomic mass is 35.5. The molecule has 2 aromatic carbocycles. The summed E-state index contributed by atoms with van der Waals surface area (Å²) in [6, 6.07) is 9.37. The summed E-state index contributed by atoms with van der Waals surface area (Å²) < 4.78 is 22.3. The van der Waals surface area contributed by atoms with Crippen LogP contribution in [0.3, 0.4) is 0 Å². The molecule has 4 aromatic rings. The quantitative estimate of drug-likeness (QED) is 0.187. The van der Waals surface area contributed by atoms with Crippen molar-refractivity contribution in [2.24, 2.45) is 5.92 Å². The van der Waals surface area contributed by atoms with E-state index in [-0.39, 0.29) is 60.7 Å². The Kier molecular flexibility index (Phi) is 11.6. The van der Waals surface area contributed by atoms with Crippen molar-refractivity contribution in [1.82, 2.24) is 35.0 Å². The van der Waals surface area contributed by atoms with Crippen LogP contribution in [0.2, 0.25) is 5.02 Å². The van der Waals surface area contributed by atoms with Crippen molar-refractivity contribution >= 4 is 69.3 Å². The van der Waals surface area contributed by atoms with E-state index in [9.17, 15) is 24.0 Å². The van der Waals surface area contributed by atoms with Crippen LogP contribution in [0.1, 0.15) is 61.5 Å². The molecule has 4 amide bonds. The second-order valence-electron chi connectivity index (χ2n) is 16.0. The molecule has 4 aliphatic heterocycles. The van der Waals surface area contributed by atoms with Gasteiger partial charge in [0.2, 0.25) is 17.8 Å². The number of hydrogen-bond acceptors (Lipinski definition) is 12. The number of pyridine rings is 1. The normalized spacial score (nSPS) is 18.9. The first-order valence-electron chi connectivity index (χ1n) is 20.4. The third kappa shape index (κ3) is 8.19. The number of imide groups is 1. The van der Waals surface area contributed by atoms with Gasteiger partial charge in [-0.2, -0.15) is 4.98 Å². The van der Waals surface area contributed by atoms with Crippen LogP contribution in [0.5, 0.6) is 5.75 Å². The van der Waals surface area contributed by atoms with Gasteiger partial charge in [-0.15, -0.1) is 0 Å². The first-order chi connectivity index (χ1) is 28.9. The summed E-state index contributed by atoms with van der Waals surface area (Å²) in [5.41, 5.74) is 2.57. The predicted molar refractivity (Wildman–Crippen MR) is 225 cm³/mol. The summed E-state index contributed by atoms with van der Waals surface area (Å²) in [7, 11) is 1.51. The number of carbonyl (C=O) groups excluding carboxylic acids is 4. The van der Waals surface area contributed by atoms with E-state index in [4.69, 9.17) is 21.3 Å². The van der Waals surface area contributed by atoms with Gasteiger partial charge in [0.1, 0.15) is 16.9 Å². The molecule has 0 bridgehead atoms. The number of hydrogen-bond donors (Lipinski definition) is 3. The summed E-state index contributed by atoms with van der Waals surface area (Å²) in [6.07, 6.45) is 3.85. The van der Waals surface area contributed by atoms with Crippen molar-refractivity contribution in [1.29, 1.82) is 0 Å². The highest BCUT2D eigenvalue weighted by Gasteiger charge is 2.42. The number of fused-ring (bicyclic) bond motifs is 2. The van der Waals surface area contributed by atoms with Crippen molar-refractivity contribution < 1.29 is 28.3 Å². The fraction of sp³-hybridized carbons (Fsp3) is 0.452. The Morgan fingerprint density at radius 2 is 1.77 bits per heavy atom. The van der Waals surface area contributed by atoms with Crippen LogP contribution in [-0.2, 0) is 20.9 Å². The zero-order valence-corrected chi connectivity index (χ0v) is 34.6. The maximum Gasteiger partial charge on any atom is 0.293 e. The van der Waals surface area contributed by atoms with Crippen molar-refractivity contribution in [3.63, 3.8) is 0 Å². The maximum atomic E-state index is 15.1. The lowest BCUT2D eigenvalue weighted by Gasteiger charge is -2.39. The average Bonchev–Trinajstić information content (AvgIpc) is 3.58. The number of rotatable bonds is 11. The van der Waals surface area contributed by atoms with Gasteiger partial charge in [-0.25, -0.2) is 9.37 Å². The fourth-order valence-corrected chi connectivity index (χ4v) is 8.87. The number of amides is 4. The molecule has 3 fully saturated rings. The molecule has 8 rings (SSSR count). The van der Waals surface area contributed by atoms with Gasteiger partial charge in [0.25, 0.3) is 17.4 Å². The number of halogens is 2. The van der Waals surface area contributed by atoms with Crippen LogP contribution < -0.4 is 36.0 Å². The third-order valence-corrected chi connectivity index (χ3v) is 12.2. The van der Waals surface area contributed by atoms with Crippen molar-refractivity contribution in [3.8, 4) is 5.75 Å². The number of nitrogens with one attached hydrogen (secondary N) is 3. The molecule has 0 spiro atoms. The van der Waals surface area contributed by atoms with Crippen LogP contribution in [0, 0.1) is 11.7 Å². The first-order valence-corrected chi connectivity index (χ1v) is 20.8. The fourth-order valence-electron chi connectivity index (χ4n) is 8.73. The van der Waals surface area contributed by atoms with Crippen molar-refractivity contribution in [2.75, 3.05) is 74.6 Å². The molecule has 0 radical (unpaired) electrons. The Morgan fingerprint density at radius 3 is 2.48 bits per heavy atom. The lowest BCUT2D eigenvalue weighted by Crippen LogP contribution is -2.52. The number of aromatic nitrogens is 3. The largest absolute Gasteiger partial charge is 0.478 e. The minimum atomic E-state index is -0.797. The number of carbonyl (C=O) groups is 4. The second-order valence-corrected chi connectivity index (χ2v) is 16.4. The van der Waals surface area contributed by atoms with Crippen LogP contribution in [-0.4, -0.2) is 113 Å². The molecule has 1 unspecified atom stereocenters. The van der Waals surface area contributed by atoms with Crippen LogP contribution in [0.15, 0.2) is 47.4 Å². The Labute approximate surface area is 351 Å². The molecule has 3 N–H and O–H groups in total. The van der Waals surface area contributed by atoms with E-state index >= 15 is 4.39 Å². The van der Waals surface area contributed by atoms with Gasteiger partial charge in [-0.3, -0.25) is 34.2 Å². The van der Waals surface area contributed by atoms with Crippen LogP contribution in [0.4, 0.5) is 27.5 Å². The highest BCUT2D eigenvalue weighted by molar-refractivity contribution is 6.33. The minimum Gasteiger partial charge on any atom is -0.478 e. The molecule has 2 aromatic heterocycles. The molecule has 18 heteroatoms. The predicted octanol–water partition coefficient (Wildman–Crippen LogP) is 3.83. The lowest BCUT2D eigenvalue weighted by molar-refractivity contribution is -0.137. The van der Waals surface area contributed by atoms with E-state index in [1.807, 2.05) is 32.0 Å². The number of nitrogens with zero attached hydrogens (tertiary/aromatic N) is 7. The zero-order chi connectivity index (χ0) is 42.2. The van der Waals surface area contributed by atoms with Crippen LogP contribution >= 0.6 is 11.6 Å². The van der Waals surface area contributed by atoms with Crippen LogP contribution in [0.25, 0.3) is 10.9 Å². The molecule has 0 aliphatic carbocycles. The standard InChI is InChI=1S/C42H48ClFN10O6/c1-24(2)54-31-6-4-27(18-26(31)19-34(40(54)58)60-23-36(56)45-3)47-38-29(43)20-46-42(49-38)52-16-14-50(15-17-52)21-25-10-12-51(13-11-25)32-7-5-30(44)37-28(32)22-53(41(37)59)33-8-9-35(55)48-39(33)57/h4-7,18-20,24-25,33H,8-17,21-23H2,1-3H3,(H,45,56)(H,46,47,49)(H,48,55,57). The number of anilines is 4. The van der Waals surface area contributed by atoms with Gasteiger partial charge in [0.15, 0.2) is 18.2 Å². The molecule has 6 heterocycles. The van der Waals surface area contributed by atoms with E-state index in [1.54, 1.807) is 22.9 Å². The van der Waals surface area contributed by atoms with E-state index in [1.165, 1.54) is 18.0 Å². The van der Waals surface area contributed by atoms with E-state index in [0.29, 0.717) is 34.0 Å². The Balaban J connectivity index is 0.869. The van der Waals surface area contributed by atoms with E-state index in [0.717, 1.165) is 75.2 Å². The summed E-state index contributed by atoms with van der Waals surface area (Å²) in [6.45, 7) is 9.33. The van der Waals surface area contributed by atoms with Gasteiger partial charge in [0, 0.05) is 94.2 Å². The number of piperazine rings is 1. The highest BCUT2D eigenvalue weighted by Crippen LogP contribution is 2.37. The molecule has 0 saturated carbocycles. The van der Waals surface area contributed by atoms with E-state index < -0.39 is 23.7 Å². The number of ether oxygens (including phenoxy) is 1. The summed E-state index contributed by atoms with van der Waals surface area (Å²) in [4.78, 5) is 80.3. The molecular weight excluding hydrogens is 795 g/mol. The van der Waals surface area contributed by atoms with Crippen molar-refractivity contribution in [3.05, 3.63) is 74.9 Å². The molecule has 1 atom stereocenters. The molecule has 316 valence electrons. The molecular formula is C42H48ClFN10O6. The van der Waals surface area contributed by atoms with E-state index in [2.05, 4.69) is 35.6 Å². The topological polar surface area (TPSA) is 174 Å². The van der Waals surface area contributed by atoms with Crippen molar-refractivity contribution in [2.45, 2.75) is 58.2 Å². The van der Waals surface area contributed by atoms with Gasteiger partial charge in [-0.05, 0) is 75.4 Å². The Hall–Kier alpha value is -5.81. The zero-order valence-electron chi connectivity index (χ0n) is 33.8. The van der Waals surface area contributed by atoms with Gasteiger partial charge in [-0.1, -0.05) is 11.6 Å². The summed E-state index contributed by atoms with van der Waals surface area (Å²) >= 11 is 6.59. The molecule has 4 aliphatic rings. The summed E-state index contributed by atoms with van der Waals surface area (Å²) in [5.74, 6) is -0.744. The number of piperidine rings is 2. The number of likely N-dealkylation sites (N-methyl/N-ethyl adjacent to an activating group) is 1. The first kappa shape index (κ1) is 40.9. The molecule has 3 saturated heterocycles. The summed E-state index contributed by atoms with van der Waals surface area (Å²) in [5, 5.41) is 9.22. The molecule has 60 heavy (non-hydrogen) atoms. The maximum absolute atomic E-state index is 15.1. The Morgan fingerprint density at radius 1 is 1.00 bits per heavy atom. The minimum absolute atomic E-state index is 0.0264. The monoisotopic (exact) mass is 842 g/mol. The average molecular weight is 843 g/mol. The second kappa shape index (κ2) is 17.0. The third-order valence-electron chi connectivity index (χ3n) is 11.9. The number of benzene rings is 2. The van der Waals surface area contributed by atoms with Gasteiger partial charge < -0.3 is 34.6 Å².